The number of anilines is 1. The van der Waals surface area contributed by atoms with Gasteiger partial charge in [0.25, 0.3) is 0 Å². The molecule has 2 aliphatic rings. The number of carbonyl (C=O) groups excluding carboxylic acids is 1. The first-order valence-corrected chi connectivity index (χ1v) is 12.4. The molecule has 2 amide bonds. The number of aromatic nitrogens is 4. The van der Waals surface area contributed by atoms with Crippen LogP contribution in [-0.4, -0.2) is 81.7 Å². The van der Waals surface area contributed by atoms with Crippen molar-refractivity contribution in [3.05, 3.63) is 47.5 Å². The second kappa shape index (κ2) is 10.0. The summed E-state index contributed by atoms with van der Waals surface area (Å²) in [5.74, 6) is -0.528. The van der Waals surface area contributed by atoms with Crippen molar-refractivity contribution in [1.82, 2.24) is 35.1 Å². The summed E-state index contributed by atoms with van der Waals surface area (Å²) in [6, 6.07) is 7.11. The maximum absolute atomic E-state index is 12.2. The SMILES string of the molecule is CN(CCNC(=O)NCc1ccc(Cl)cc1)C[C@H]1OC[C@@]2(n3cnc4c(N)ncnc43)OC(C)(C)O[C@H]12. The number of likely N-dealkylation sites (N-methyl/N-ethyl adjacent to an activating group) is 1. The Morgan fingerprint density at radius 3 is 2.81 bits per heavy atom. The summed E-state index contributed by atoms with van der Waals surface area (Å²) in [7, 11) is 1.97. The van der Waals surface area contributed by atoms with E-state index in [9.17, 15) is 4.79 Å². The van der Waals surface area contributed by atoms with Gasteiger partial charge in [-0.1, -0.05) is 23.7 Å². The molecule has 198 valence electrons. The first kappa shape index (κ1) is 25.6. The largest absolute Gasteiger partial charge is 0.382 e. The Kier molecular flexibility index (Phi) is 6.94. The maximum Gasteiger partial charge on any atom is 0.315 e. The van der Waals surface area contributed by atoms with Crippen molar-refractivity contribution in [2.24, 2.45) is 0 Å². The first-order chi connectivity index (χ1) is 17.7. The average molecular weight is 531 g/mol. The molecule has 37 heavy (non-hydrogen) atoms. The smallest absolute Gasteiger partial charge is 0.315 e. The minimum Gasteiger partial charge on any atom is -0.382 e. The lowest BCUT2D eigenvalue weighted by Crippen LogP contribution is -2.47. The molecule has 0 spiro atoms. The molecule has 2 fully saturated rings. The molecule has 5 rings (SSSR count). The number of nitrogens with one attached hydrogen (secondary N) is 2. The molecule has 2 saturated heterocycles. The van der Waals surface area contributed by atoms with Crippen LogP contribution in [0.2, 0.25) is 5.02 Å². The van der Waals surface area contributed by atoms with Gasteiger partial charge in [0, 0.05) is 31.2 Å². The second-order valence-electron chi connectivity index (χ2n) is 9.78. The highest BCUT2D eigenvalue weighted by atomic mass is 35.5. The van der Waals surface area contributed by atoms with Gasteiger partial charge >= 0.3 is 6.03 Å². The van der Waals surface area contributed by atoms with Gasteiger partial charge in [-0.25, -0.2) is 19.7 Å². The molecule has 4 N–H and O–H groups in total. The van der Waals surface area contributed by atoms with Gasteiger partial charge in [-0.05, 0) is 38.6 Å². The van der Waals surface area contributed by atoms with E-state index in [1.165, 1.54) is 6.33 Å². The van der Waals surface area contributed by atoms with Crippen LogP contribution in [0.4, 0.5) is 10.6 Å². The van der Waals surface area contributed by atoms with Crippen LogP contribution in [0.3, 0.4) is 0 Å². The van der Waals surface area contributed by atoms with Crippen molar-refractivity contribution < 1.29 is 19.0 Å². The highest BCUT2D eigenvalue weighted by Crippen LogP contribution is 2.47. The van der Waals surface area contributed by atoms with Crippen molar-refractivity contribution in [3.8, 4) is 0 Å². The molecule has 0 saturated carbocycles. The van der Waals surface area contributed by atoms with Gasteiger partial charge in [-0.15, -0.1) is 0 Å². The number of benzene rings is 1. The van der Waals surface area contributed by atoms with Crippen LogP contribution in [0.5, 0.6) is 0 Å². The van der Waals surface area contributed by atoms with Crippen molar-refractivity contribution in [2.75, 3.05) is 39.0 Å². The number of carbonyl (C=O) groups is 1. The summed E-state index contributed by atoms with van der Waals surface area (Å²) in [6.45, 7) is 6.10. The number of halogens is 1. The zero-order valence-corrected chi connectivity index (χ0v) is 21.7. The molecular weight excluding hydrogens is 500 g/mol. The lowest BCUT2D eigenvalue weighted by atomic mass is 10.0. The Labute approximate surface area is 219 Å². The predicted molar refractivity (Wildman–Crippen MR) is 137 cm³/mol. The van der Waals surface area contributed by atoms with Crippen LogP contribution >= 0.6 is 11.6 Å². The molecule has 4 heterocycles. The Balaban J connectivity index is 1.18. The van der Waals surface area contributed by atoms with Gasteiger partial charge < -0.3 is 35.5 Å². The average Bonchev–Trinajstić information content (AvgIpc) is 3.50. The standard InChI is InChI=1S/C24H31ClN8O4/c1-23(2)36-19-17(11-32(3)9-8-27-22(34)28-10-15-4-6-16(25)7-5-15)35-12-24(19,37-23)33-14-31-18-20(26)29-13-30-21(18)33/h4-7,13-14,17,19H,8-12H2,1-3H3,(H2,26,29,30)(H2,27,28,34)/t17-,19-,24-/m1/s1. The topological polar surface area (TPSA) is 142 Å². The maximum atomic E-state index is 12.2. The third-order valence-electron chi connectivity index (χ3n) is 6.53. The van der Waals surface area contributed by atoms with Crippen LogP contribution in [-0.2, 0) is 26.5 Å². The van der Waals surface area contributed by atoms with Crippen molar-refractivity contribution in [2.45, 2.75) is 44.1 Å². The molecule has 0 aliphatic carbocycles. The van der Waals surface area contributed by atoms with E-state index in [1.807, 2.05) is 37.6 Å². The third kappa shape index (κ3) is 5.20. The molecular formula is C24H31ClN8O4. The fraction of sp³-hybridized carbons (Fsp3) is 0.500. The number of amides is 2. The highest BCUT2D eigenvalue weighted by Gasteiger charge is 2.63. The van der Waals surface area contributed by atoms with Gasteiger partial charge in [0.15, 0.2) is 17.3 Å². The van der Waals surface area contributed by atoms with E-state index >= 15 is 0 Å². The van der Waals surface area contributed by atoms with Gasteiger partial charge in [0.05, 0.1) is 12.9 Å². The molecule has 2 aromatic heterocycles. The Hall–Kier alpha value is -3.03. The minimum atomic E-state index is -0.940. The second-order valence-corrected chi connectivity index (χ2v) is 10.2. The number of fused-ring (bicyclic) bond motifs is 2. The number of nitrogens with two attached hydrogens (primary N) is 1. The Bertz CT molecular complexity index is 1270. The molecule has 1 aromatic carbocycles. The zero-order valence-electron chi connectivity index (χ0n) is 21.0. The van der Waals surface area contributed by atoms with Gasteiger partial charge in [0.2, 0.25) is 5.72 Å². The van der Waals surface area contributed by atoms with Crippen LogP contribution in [0.1, 0.15) is 19.4 Å². The predicted octanol–water partition coefficient (Wildman–Crippen LogP) is 1.70. The number of ether oxygens (including phenoxy) is 3. The van der Waals surface area contributed by atoms with Crippen molar-refractivity contribution >= 4 is 34.6 Å². The Morgan fingerprint density at radius 2 is 2.03 bits per heavy atom. The van der Waals surface area contributed by atoms with Gasteiger partial charge in [-0.2, -0.15) is 0 Å². The fourth-order valence-corrected chi connectivity index (χ4v) is 4.96. The third-order valence-corrected chi connectivity index (χ3v) is 6.78. The van der Waals surface area contributed by atoms with Gasteiger partial charge in [-0.3, -0.25) is 4.57 Å². The van der Waals surface area contributed by atoms with Crippen LogP contribution in [0, 0.1) is 0 Å². The zero-order chi connectivity index (χ0) is 26.2. The summed E-state index contributed by atoms with van der Waals surface area (Å²) < 4.78 is 20.8. The number of nitrogen functional groups attached to an aromatic ring is 1. The van der Waals surface area contributed by atoms with E-state index in [-0.39, 0.29) is 18.7 Å². The monoisotopic (exact) mass is 530 g/mol. The molecule has 3 aromatic rings. The lowest BCUT2D eigenvalue weighted by Gasteiger charge is -2.29. The molecule has 0 unspecified atom stereocenters. The normalized spacial score (nSPS) is 24.5. The molecule has 3 atom stereocenters. The van der Waals surface area contributed by atoms with E-state index in [0.717, 1.165) is 5.56 Å². The summed E-state index contributed by atoms with van der Waals surface area (Å²) in [4.78, 5) is 27.1. The van der Waals surface area contributed by atoms with Gasteiger partial charge in [0.1, 0.15) is 24.1 Å². The number of urea groups is 1. The van der Waals surface area contributed by atoms with E-state index in [1.54, 1.807) is 18.5 Å². The molecule has 0 radical (unpaired) electrons. The van der Waals surface area contributed by atoms with E-state index in [4.69, 9.17) is 31.5 Å². The molecule has 12 nitrogen and oxygen atoms in total. The van der Waals surface area contributed by atoms with Crippen molar-refractivity contribution in [1.29, 1.82) is 0 Å². The van der Waals surface area contributed by atoms with E-state index < -0.39 is 17.6 Å². The molecule has 2 aliphatic heterocycles. The van der Waals surface area contributed by atoms with Crippen LogP contribution in [0.15, 0.2) is 36.9 Å². The number of hydrogen-bond donors (Lipinski definition) is 3. The summed E-state index contributed by atoms with van der Waals surface area (Å²) in [5, 5.41) is 6.39. The minimum absolute atomic E-state index is 0.234. The summed E-state index contributed by atoms with van der Waals surface area (Å²) >= 11 is 5.90. The fourth-order valence-electron chi connectivity index (χ4n) is 4.84. The quantitative estimate of drug-likeness (QED) is 0.396. The van der Waals surface area contributed by atoms with E-state index in [0.29, 0.717) is 48.2 Å². The van der Waals surface area contributed by atoms with E-state index in [2.05, 4.69) is 30.5 Å². The number of imidazole rings is 1. The van der Waals surface area contributed by atoms with Crippen LogP contribution in [0.25, 0.3) is 11.2 Å². The lowest BCUT2D eigenvalue weighted by molar-refractivity contribution is -0.205. The molecule has 0 bridgehead atoms. The Morgan fingerprint density at radius 1 is 1.24 bits per heavy atom. The number of hydrogen-bond acceptors (Lipinski definition) is 9. The number of rotatable bonds is 8. The first-order valence-electron chi connectivity index (χ1n) is 12.1. The molecule has 13 heteroatoms. The summed E-state index contributed by atoms with van der Waals surface area (Å²) in [5.41, 5.74) is 7.09. The number of nitrogens with zero attached hydrogens (tertiary/aromatic N) is 5. The highest BCUT2D eigenvalue weighted by molar-refractivity contribution is 6.30. The summed E-state index contributed by atoms with van der Waals surface area (Å²) in [6.07, 6.45) is 2.37. The van der Waals surface area contributed by atoms with Crippen LogP contribution < -0.4 is 16.4 Å². The van der Waals surface area contributed by atoms with Crippen molar-refractivity contribution in [3.63, 3.8) is 0 Å².